The van der Waals surface area contributed by atoms with Crippen LogP contribution in [0.1, 0.15) is 41.2 Å². The predicted molar refractivity (Wildman–Crippen MR) is 149 cm³/mol. The first-order valence-electron chi connectivity index (χ1n) is 12.6. The molecule has 1 aliphatic heterocycles. The fourth-order valence-corrected chi connectivity index (χ4v) is 4.58. The average Bonchev–Trinajstić information content (AvgIpc) is 3.33. The van der Waals surface area contributed by atoms with Crippen LogP contribution in [0.3, 0.4) is 0 Å². The van der Waals surface area contributed by atoms with Gasteiger partial charge < -0.3 is 19.9 Å². The lowest BCUT2D eigenvalue weighted by atomic mass is 9.84. The standard InChI is InChI=1S/C30H28BrF3N2O4/c1-2-16-29(28(38)35-19-20-4-10-23(11-5-20)30(32,33)34)26(21-6-12-24(31)13-7-21)40-27(36-29)22-8-14-25(15-9-22)39-18-3-17-37/h2,4-15,26,37H,1,3,16-19H2,(H,35,38)/t26-,29-/m1/s1. The first-order valence-corrected chi connectivity index (χ1v) is 13.4. The van der Waals surface area contributed by atoms with E-state index in [1.165, 1.54) is 12.1 Å². The van der Waals surface area contributed by atoms with Crippen LogP contribution in [-0.2, 0) is 22.3 Å². The molecule has 10 heteroatoms. The number of halogens is 4. The summed E-state index contributed by atoms with van der Waals surface area (Å²) in [5.41, 5.74) is -0.303. The summed E-state index contributed by atoms with van der Waals surface area (Å²) in [6.07, 6.45) is -2.97. The summed E-state index contributed by atoms with van der Waals surface area (Å²) in [5, 5.41) is 11.8. The number of nitrogens with zero attached hydrogens (tertiary/aromatic N) is 1. The smallest absolute Gasteiger partial charge is 0.416 e. The van der Waals surface area contributed by atoms with E-state index in [-0.39, 0.29) is 25.5 Å². The molecule has 6 nitrogen and oxygen atoms in total. The van der Waals surface area contributed by atoms with Crippen molar-refractivity contribution in [2.24, 2.45) is 4.99 Å². The van der Waals surface area contributed by atoms with Gasteiger partial charge >= 0.3 is 6.18 Å². The number of aliphatic hydroxyl groups excluding tert-OH is 1. The second kappa shape index (κ2) is 12.7. The van der Waals surface area contributed by atoms with Gasteiger partial charge in [0.25, 0.3) is 5.91 Å². The van der Waals surface area contributed by atoms with Crippen LogP contribution < -0.4 is 10.1 Å². The SMILES string of the molecule is C=CC[C@@]1(C(=O)NCc2ccc(C(F)(F)F)cc2)N=C(c2ccc(OCCCO)cc2)O[C@@H]1c1ccc(Br)cc1. The van der Waals surface area contributed by atoms with E-state index in [1.54, 1.807) is 30.3 Å². The van der Waals surface area contributed by atoms with Gasteiger partial charge in [0.2, 0.25) is 5.90 Å². The first-order chi connectivity index (χ1) is 19.2. The Bertz CT molecular complexity index is 1340. The summed E-state index contributed by atoms with van der Waals surface area (Å²) in [5.74, 6) is 0.437. The van der Waals surface area contributed by atoms with Crippen molar-refractivity contribution < 1.29 is 32.5 Å². The van der Waals surface area contributed by atoms with Gasteiger partial charge in [-0.3, -0.25) is 4.79 Å². The Morgan fingerprint density at radius 2 is 1.77 bits per heavy atom. The van der Waals surface area contributed by atoms with Crippen LogP contribution in [0.25, 0.3) is 0 Å². The minimum atomic E-state index is -4.44. The van der Waals surface area contributed by atoms with Crippen LogP contribution in [0.5, 0.6) is 5.75 Å². The van der Waals surface area contributed by atoms with Crippen LogP contribution in [0, 0.1) is 0 Å². The van der Waals surface area contributed by atoms with Crippen LogP contribution >= 0.6 is 15.9 Å². The Labute approximate surface area is 238 Å². The van der Waals surface area contributed by atoms with Gasteiger partial charge in [0.1, 0.15) is 5.75 Å². The van der Waals surface area contributed by atoms with Crippen molar-refractivity contribution in [3.05, 3.63) is 112 Å². The molecule has 210 valence electrons. The third-order valence-corrected chi connectivity index (χ3v) is 6.92. The number of hydrogen-bond acceptors (Lipinski definition) is 5. The Morgan fingerprint density at radius 3 is 2.38 bits per heavy atom. The Balaban J connectivity index is 1.63. The van der Waals surface area contributed by atoms with E-state index in [0.29, 0.717) is 29.9 Å². The van der Waals surface area contributed by atoms with Gasteiger partial charge in [-0.2, -0.15) is 13.2 Å². The molecule has 3 aromatic carbocycles. The summed E-state index contributed by atoms with van der Waals surface area (Å²) in [6, 6.07) is 19.1. The summed E-state index contributed by atoms with van der Waals surface area (Å²) >= 11 is 3.43. The molecule has 0 bridgehead atoms. The monoisotopic (exact) mass is 616 g/mol. The number of carbonyl (C=O) groups excluding carboxylic acids is 1. The van der Waals surface area contributed by atoms with Crippen molar-refractivity contribution in [3.63, 3.8) is 0 Å². The molecular weight excluding hydrogens is 589 g/mol. The second-order valence-corrected chi connectivity index (χ2v) is 10.1. The van der Waals surface area contributed by atoms with Crippen molar-refractivity contribution in [2.45, 2.75) is 37.2 Å². The maximum atomic E-state index is 13.8. The highest BCUT2D eigenvalue weighted by Gasteiger charge is 2.52. The molecule has 0 saturated carbocycles. The highest BCUT2D eigenvalue weighted by Crippen LogP contribution is 2.43. The number of aliphatic imine (C=N–C) groups is 1. The molecule has 1 heterocycles. The molecule has 0 unspecified atom stereocenters. The van der Waals surface area contributed by atoms with Gasteiger partial charge in [0.15, 0.2) is 11.6 Å². The van der Waals surface area contributed by atoms with Crippen LogP contribution in [0.15, 0.2) is 94.9 Å². The zero-order valence-corrected chi connectivity index (χ0v) is 23.0. The number of nitrogens with one attached hydrogen (secondary N) is 1. The van der Waals surface area contributed by atoms with Gasteiger partial charge in [-0.15, -0.1) is 6.58 Å². The Hall–Kier alpha value is -3.63. The molecule has 1 amide bonds. The van der Waals surface area contributed by atoms with E-state index < -0.39 is 29.3 Å². The Kier molecular flexibility index (Phi) is 9.32. The number of rotatable bonds is 11. The zero-order valence-electron chi connectivity index (χ0n) is 21.5. The third kappa shape index (κ3) is 6.74. The largest absolute Gasteiger partial charge is 0.494 e. The maximum Gasteiger partial charge on any atom is 0.416 e. The summed E-state index contributed by atoms with van der Waals surface area (Å²) in [6.45, 7) is 4.25. The van der Waals surface area contributed by atoms with Crippen LogP contribution in [-0.4, -0.2) is 35.7 Å². The molecule has 0 aliphatic carbocycles. The van der Waals surface area contributed by atoms with Gasteiger partial charge in [-0.25, -0.2) is 4.99 Å². The number of alkyl halides is 3. The summed E-state index contributed by atoms with van der Waals surface area (Å²) in [4.78, 5) is 18.6. The topological polar surface area (TPSA) is 80.2 Å². The lowest BCUT2D eigenvalue weighted by Crippen LogP contribution is -2.47. The zero-order chi connectivity index (χ0) is 28.8. The molecule has 0 saturated heterocycles. The second-order valence-electron chi connectivity index (χ2n) is 9.21. The fourth-order valence-electron chi connectivity index (χ4n) is 4.32. The highest BCUT2D eigenvalue weighted by atomic mass is 79.9. The maximum absolute atomic E-state index is 13.8. The molecule has 2 atom stereocenters. The predicted octanol–water partition coefficient (Wildman–Crippen LogP) is 6.38. The van der Waals surface area contributed by atoms with Crippen LogP contribution in [0.2, 0.25) is 0 Å². The van der Waals surface area contributed by atoms with Gasteiger partial charge in [0.05, 0.1) is 12.2 Å². The number of benzene rings is 3. The molecule has 0 fully saturated rings. The van der Waals surface area contributed by atoms with Gasteiger partial charge in [-0.05, 0) is 59.7 Å². The van der Waals surface area contributed by atoms with E-state index in [9.17, 15) is 18.0 Å². The fraction of sp³-hybridized carbons (Fsp3) is 0.267. The van der Waals surface area contributed by atoms with E-state index in [0.717, 1.165) is 22.2 Å². The number of amides is 1. The van der Waals surface area contributed by atoms with E-state index in [2.05, 4.69) is 27.8 Å². The number of hydrogen-bond donors (Lipinski definition) is 2. The molecule has 3 aromatic rings. The first kappa shape index (κ1) is 29.4. The molecule has 2 N–H and O–H groups in total. The molecule has 0 radical (unpaired) electrons. The molecule has 0 aromatic heterocycles. The number of ether oxygens (including phenoxy) is 2. The summed E-state index contributed by atoms with van der Waals surface area (Å²) < 4.78 is 51.6. The lowest BCUT2D eigenvalue weighted by Gasteiger charge is -2.29. The van der Waals surface area contributed by atoms with E-state index >= 15 is 0 Å². The average molecular weight is 617 g/mol. The number of carbonyl (C=O) groups is 1. The molecule has 4 rings (SSSR count). The van der Waals surface area contributed by atoms with Crippen molar-refractivity contribution in [1.29, 1.82) is 0 Å². The Morgan fingerprint density at radius 1 is 1.10 bits per heavy atom. The van der Waals surface area contributed by atoms with Crippen molar-refractivity contribution in [1.82, 2.24) is 5.32 Å². The highest BCUT2D eigenvalue weighted by molar-refractivity contribution is 9.10. The minimum Gasteiger partial charge on any atom is -0.494 e. The quantitative estimate of drug-likeness (QED) is 0.194. The molecule has 1 aliphatic rings. The molecule has 40 heavy (non-hydrogen) atoms. The van der Waals surface area contributed by atoms with Crippen LogP contribution in [0.4, 0.5) is 13.2 Å². The molecule has 0 spiro atoms. The lowest BCUT2D eigenvalue weighted by molar-refractivity contribution is -0.137. The normalized spacial score (nSPS) is 18.5. The van der Waals surface area contributed by atoms with E-state index in [4.69, 9.17) is 19.6 Å². The van der Waals surface area contributed by atoms with E-state index in [1.807, 2.05) is 24.3 Å². The minimum absolute atomic E-state index is 0.00759. The number of aliphatic hydroxyl groups is 1. The van der Waals surface area contributed by atoms with Gasteiger partial charge in [0, 0.05) is 36.0 Å². The summed E-state index contributed by atoms with van der Waals surface area (Å²) in [7, 11) is 0. The van der Waals surface area contributed by atoms with Crippen molar-refractivity contribution in [2.75, 3.05) is 13.2 Å². The van der Waals surface area contributed by atoms with Gasteiger partial charge in [-0.1, -0.05) is 46.3 Å². The third-order valence-electron chi connectivity index (χ3n) is 6.39. The van der Waals surface area contributed by atoms with Crippen molar-refractivity contribution >= 4 is 27.7 Å². The molecular formula is C30H28BrF3N2O4. The van der Waals surface area contributed by atoms with Crippen molar-refractivity contribution in [3.8, 4) is 5.75 Å².